The zero-order chi connectivity index (χ0) is 16.2. The van der Waals surface area contributed by atoms with Crippen molar-refractivity contribution in [3.8, 4) is 11.3 Å². The van der Waals surface area contributed by atoms with Crippen LogP contribution in [0, 0.1) is 0 Å². The largest absolute Gasteiger partial charge is 0.347 e. The molecular weight excluding hydrogens is 333 g/mol. The van der Waals surface area contributed by atoms with Gasteiger partial charge in [-0.1, -0.05) is 53.5 Å². The van der Waals surface area contributed by atoms with Gasteiger partial charge in [0.25, 0.3) is 5.91 Å². The summed E-state index contributed by atoms with van der Waals surface area (Å²) >= 11 is 12.0. The van der Waals surface area contributed by atoms with Crippen molar-refractivity contribution in [2.24, 2.45) is 0 Å². The van der Waals surface area contributed by atoms with Gasteiger partial charge in [0, 0.05) is 17.1 Å². The summed E-state index contributed by atoms with van der Waals surface area (Å²) in [6.45, 7) is 0.413. The lowest BCUT2D eigenvalue weighted by Gasteiger charge is -2.03. The van der Waals surface area contributed by atoms with Crippen LogP contribution in [0.25, 0.3) is 11.3 Å². The number of benzene rings is 2. The normalized spacial score (nSPS) is 10.5. The maximum absolute atomic E-state index is 12.2. The molecule has 1 aromatic heterocycles. The van der Waals surface area contributed by atoms with Crippen LogP contribution in [0.2, 0.25) is 10.0 Å². The molecule has 0 aliphatic heterocycles. The Morgan fingerprint density at radius 3 is 2.57 bits per heavy atom. The molecule has 0 bridgehead atoms. The zero-order valence-electron chi connectivity index (χ0n) is 12.0. The Morgan fingerprint density at radius 2 is 1.83 bits per heavy atom. The number of hydrogen-bond acceptors (Lipinski definition) is 2. The summed E-state index contributed by atoms with van der Waals surface area (Å²) in [6, 6.07) is 16.3. The molecule has 6 heteroatoms. The molecule has 0 aliphatic carbocycles. The van der Waals surface area contributed by atoms with E-state index in [1.807, 2.05) is 30.3 Å². The summed E-state index contributed by atoms with van der Waals surface area (Å²) in [5.74, 6) is -0.231. The Balaban J connectivity index is 1.69. The second-order valence-corrected chi connectivity index (χ2v) is 5.80. The highest BCUT2D eigenvalue weighted by atomic mass is 35.5. The Morgan fingerprint density at radius 1 is 1.09 bits per heavy atom. The zero-order valence-corrected chi connectivity index (χ0v) is 13.5. The number of nitrogens with one attached hydrogen (secondary N) is 2. The van der Waals surface area contributed by atoms with Gasteiger partial charge in [-0.15, -0.1) is 0 Å². The third kappa shape index (κ3) is 3.73. The average Bonchev–Trinajstić information content (AvgIpc) is 3.04. The van der Waals surface area contributed by atoms with E-state index in [1.165, 1.54) is 0 Å². The fourth-order valence-electron chi connectivity index (χ4n) is 2.12. The Bertz CT molecular complexity index is 828. The van der Waals surface area contributed by atoms with Crippen LogP contribution < -0.4 is 5.32 Å². The van der Waals surface area contributed by atoms with E-state index >= 15 is 0 Å². The molecule has 0 unspecified atom stereocenters. The van der Waals surface area contributed by atoms with Crippen LogP contribution in [0.4, 0.5) is 0 Å². The summed E-state index contributed by atoms with van der Waals surface area (Å²) in [7, 11) is 0. The minimum atomic E-state index is -0.231. The van der Waals surface area contributed by atoms with Crippen LogP contribution in [-0.4, -0.2) is 16.1 Å². The molecule has 0 spiro atoms. The van der Waals surface area contributed by atoms with Crippen LogP contribution in [0.3, 0.4) is 0 Å². The third-order valence-electron chi connectivity index (χ3n) is 3.34. The number of carbonyl (C=O) groups is 1. The van der Waals surface area contributed by atoms with Gasteiger partial charge in [-0.3, -0.25) is 9.89 Å². The maximum Gasteiger partial charge on any atom is 0.269 e. The number of rotatable bonds is 4. The summed E-state index contributed by atoms with van der Waals surface area (Å²) in [4.78, 5) is 12.2. The first-order valence-corrected chi connectivity index (χ1v) is 7.72. The van der Waals surface area contributed by atoms with E-state index in [4.69, 9.17) is 23.2 Å². The van der Waals surface area contributed by atoms with Crippen molar-refractivity contribution in [1.29, 1.82) is 0 Å². The van der Waals surface area contributed by atoms with Gasteiger partial charge in [0.15, 0.2) is 0 Å². The summed E-state index contributed by atoms with van der Waals surface area (Å²) in [5.41, 5.74) is 2.76. The van der Waals surface area contributed by atoms with Gasteiger partial charge in [-0.25, -0.2) is 0 Å². The Kier molecular flexibility index (Phi) is 4.65. The fourth-order valence-corrected chi connectivity index (χ4v) is 2.48. The van der Waals surface area contributed by atoms with E-state index in [2.05, 4.69) is 15.5 Å². The lowest BCUT2D eigenvalue weighted by Crippen LogP contribution is -2.23. The van der Waals surface area contributed by atoms with Crippen LogP contribution in [-0.2, 0) is 6.54 Å². The topological polar surface area (TPSA) is 57.8 Å². The van der Waals surface area contributed by atoms with Crippen molar-refractivity contribution >= 4 is 29.1 Å². The summed E-state index contributed by atoms with van der Waals surface area (Å²) in [6.07, 6.45) is 0. The first kappa shape index (κ1) is 15.6. The highest BCUT2D eigenvalue weighted by molar-refractivity contribution is 6.33. The second kappa shape index (κ2) is 6.86. The van der Waals surface area contributed by atoms with E-state index in [0.29, 0.717) is 28.0 Å². The number of nitrogens with zero attached hydrogens (tertiary/aromatic N) is 1. The molecule has 0 atom stereocenters. The van der Waals surface area contributed by atoms with Crippen LogP contribution in [0.1, 0.15) is 16.1 Å². The number of hydrogen-bond donors (Lipinski definition) is 2. The SMILES string of the molecule is O=C(NCc1ccc(Cl)cc1)c1cc(-c2ccccc2Cl)n[nH]1. The van der Waals surface area contributed by atoms with Gasteiger partial charge in [0.05, 0.1) is 10.7 Å². The van der Waals surface area contributed by atoms with E-state index in [-0.39, 0.29) is 5.91 Å². The van der Waals surface area contributed by atoms with Gasteiger partial charge in [-0.05, 0) is 29.8 Å². The molecule has 23 heavy (non-hydrogen) atoms. The van der Waals surface area contributed by atoms with Crippen LogP contribution in [0.15, 0.2) is 54.6 Å². The molecule has 2 N–H and O–H groups in total. The summed E-state index contributed by atoms with van der Waals surface area (Å²) < 4.78 is 0. The first-order valence-electron chi connectivity index (χ1n) is 6.96. The second-order valence-electron chi connectivity index (χ2n) is 4.96. The molecule has 0 radical (unpaired) electrons. The monoisotopic (exact) mass is 345 g/mol. The van der Waals surface area contributed by atoms with Gasteiger partial charge in [0.2, 0.25) is 0 Å². The van der Waals surface area contributed by atoms with Gasteiger partial charge in [0.1, 0.15) is 5.69 Å². The van der Waals surface area contributed by atoms with Gasteiger partial charge < -0.3 is 5.32 Å². The number of amides is 1. The van der Waals surface area contributed by atoms with Gasteiger partial charge >= 0.3 is 0 Å². The molecule has 4 nitrogen and oxygen atoms in total. The van der Waals surface area contributed by atoms with Crippen molar-refractivity contribution in [2.45, 2.75) is 6.54 Å². The molecule has 3 rings (SSSR count). The van der Waals surface area contributed by atoms with E-state index < -0.39 is 0 Å². The summed E-state index contributed by atoms with van der Waals surface area (Å²) in [5, 5.41) is 11.0. The number of H-pyrrole nitrogens is 1. The maximum atomic E-state index is 12.2. The predicted molar refractivity (Wildman–Crippen MR) is 91.7 cm³/mol. The number of carbonyl (C=O) groups excluding carboxylic acids is 1. The molecule has 0 saturated heterocycles. The lowest BCUT2D eigenvalue weighted by atomic mass is 10.1. The highest BCUT2D eigenvalue weighted by Gasteiger charge is 2.12. The standard InChI is InChI=1S/C17H13Cl2N3O/c18-12-7-5-11(6-8-12)10-20-17(23)16-9-15(21-22-16)13-3-1-2-4-14(13)19/h1-9H,10H2,(H,20,23)(H,21,22). The Hall–Kier alpha value is -2.30. The van der Waals surface area contributed by atoms with Gasteiger partial charge in [-0.2, -0.15) is 5.10 Å². The van der Waals surface area contributed by atoms with Crippen molar-refractivity contribution in [3.05, 3.63) is 75.9 Å². The minimum Gasteiger partial charge on any atom is -0.347 e. The first-order chi connectivity index (χ1) is 11.1. The van der Waals surface area contributed by atoms with Crippen molar-refractivity contribution in [2.75, 3.05) is 0 Å². The molecule has 0 aliphatic rings. The molecule has 0 fully saturated rings. The molecule has 1 heterocycles. The molecular formula is C17H13Cl2N3O. The van der Waals surface area contributed by atoms with Crippen molar-refractivity contribution in [1.82, 2.24) is 15.5 Å². The van der Waals surface area contributed by atoms with Crippen LogP contribution in [0.5, 0.6) is 0 Å². The fraction of sp³-hybridized carbons (Fsp3) is 0.0588. The van der Waals surface area contributed by atoms with E-state index in [0.717, 1.165) is 11.1 Å². The third-order valence-corrected chi connectivity index (χ3v) is 3.92. The smallest absolute Gasteiger partial charge is 0.269 e. The minimum absolute atomic E-state index is 0.231. The molecule has 3 aromatic rings. The predicted octanol–water partition coefficient (Wildman–Crippen LogP) is 4.31. The quantitative estimate of drug-likeness (QED) is 0.739. The molecule has 116 valence electrons. The number of halogens is 2. The lowest BCUT2D eigenvalue weighted by molar-refractivity contribution is 0.0946. The van der Waals surface area contributed by atoms with Crippen molar-refractivity contribution in [3.63, 3.8) is 0 Å². The Labute approximate surface area is 143 Å². The molecule has 2 aromatic carbocycles. The molecule has 0 saturated carbocycles. The van der Waals surface area contributed by atoms with E-state index in [9.17, 15) is 4.79 Å². The van der Waals surface area contributed by atoms with Crippen molar-refractivity contribution < 1.29 is 4.79 Å². The van der Waals surface area contributed by atoms with Crippen LogP contribution >= 0.6 is 23.2 Å². The highest BCUT2D eigenvalue weighted by Crippen LogP contribution is 2.26. The van der Waals surface area contributed by atoms with E-state index in [1.54, 1.807) is 24.3 Å². The number of aromatic amines is 1. The number of aromatic nitrogens is 2. The average molecular weight is 346 g/mol. The molecule has 1 amide bonds.